The first-order valence-electron chi connectivity index (χ1n) is 9.05. The summed E-state index contributed by atoms with van der Waals surface area (Å²) in [6.45, 7) is 2.73. The van der Waals surface area contributed by atoms with Crippen molar-refractivity contribution in [3.63, 3.8) is 0 Å². The van der Waals surface area contributed by atoms with E-state index in [-0.39, 0.29) is 5.91 Å². The molecule has 0 saturated heterocycles. The second-order valence-electron chi connectivity index (χ2n) is 7.00. The fourth-order valence-corrected chi connectivity index (χ4v) is 3.49. The van der Waals surface area contributed by atoms with E-state index in [4.69, 9.17) is 14.6 Å². The molecule has 2 aliphatic rings. The zero-order chi connectivity index (χ0) is 18.1. The lowest BCUT2D eigenvalue weighted by Crippen LogP contribution is -2.36. The number of carbonyl (C=O) groups is 1. The van der Waals surface area contributed by atoms with Crippen LogP contribution >= 0.6 is 0 Å². The maximum absolute atomic E-state index is 12.9. The number of aromatic nitrogens is 3. The Hall–Kier alpha value is -2.41. The third-order valence-electron chi connectivity index (χ3n) is 5.11. The minimum absolute atomic E-state index is 0.0101. The highest BCUT2D eigenvalue weighted by molar-refractivity contribution is 5.94. The third-order valence-corrected chi connectivity index (χ3v) is 5.11. The van der Waals surface area contributed by atoms with Gasteiger partial charge in [-0.15, -0.1) is 0 Å². The Kier molecular flexibility index (Phi) is 4.63. The minimum atomic E-state index is -0.0101. The zero-order valence-corrected chi connectivity index (χ0v) is 15.3. The third kappa shape index (κ3) is 3.31. The van der Waals surface area contributed by atoms with Crippen LogP contribution in [0.25, 0.3) is 0 Å². The molecule has 1 saturated carbocycles. The maximum atomic E-state index is 12.9. The van der Waals surface area contributed by atoms with Crippen molar-refractivity contribution in [3.8, 4) is 5.88 Å². The second kappa shape index (κ2) is 7.07. The normalized spacial score (nSPS) is 16.5. The van der Waals surface area contributed by atoms with E-state index in [1.54, 1.807) is 32.5 Å². The van der Waals surface area contributed by atoms with Gasteiger partial charge in [-0.1, -0.05) is 0 Å². The first-order chi connectivity index (χ1) is 12.7. The van der Waals surface area contributed by atoms with Crippen molar-refractivity contribution in [2.24, 2.45) is 5.92 Å². The number of ether oxygens (including phenoxy) is 2. The molecule has 26 heavy (non-hydrogen) atoms. The summed E-state index contributed by atoms with van der Waals surface area (Å²) >= 11 is 0. The Morgan fingerprint density at radius 1 is 1.31 bits per heavy atom. The number of nitrogens with zero attached hydrogens (tertiary/aromatic N) is 4. The van der Waals surface area contributed by atoms with Gasteiger partial charge in [0.15, 0.2) is 0 Å². The monoisotopic (exact) mass is 356 g/mol. The molecule has 2 aromatic heterocycles. The molecular formula is C19H24N4O3. The highest BCUT2D eigenvalue weighted by atomic mass is 16.5. The van der Waals surface area contributed by atoms with Gasteiger partial charge in [-0.3, -0.25) is 9.48 Å². The van der Waals surface area contributed by atoms with Crippen molar-refractivity contribution >= 4 is 5.91 Å². The summed E-state index contributed by atoms with van der Waals surface area (Å²) in [5, 5.41) is 4.78. The lowest BCUT2D eigenvalue weighted by atomic mass is 10.0. The number of fused-ring (bicyclic) bond motifs is 1. The van der Waals surface area contributed by atoms with Gasteiger partial charge >= 0.3 is 0 Å². The minimum Gasteiger partial charge on any atom is -0.481 e. The number of hydrogen-bond acceptors (Lipinski definition) is 5. The Balaban J connectivity index is 1.55. The van der Waals surface area contributed by atoms with E-state index in [2.05, 4.69) is 9.67 Å². The predicted molar refractivity (Wildman–Crippen MR) is 94.9 cm³/mol. The number of amides is 1. The van der Waals surface area contributed by atoms with Crippen LogP contribution in [0.1, 0.15) is 40.2 Å². The van der Waals surface area contributed by atoms with Gasteiger partial charge in [0.05, 0.1) is 25.0 Å². The van der Waals surface area contributed by atoms with Gasteiger partial charge in [-0.2, -0.15) is 5.10 Å². The van der Waals surface area contributed by atoms with E-state index in [1.807, 2.05) is 4.90 Å². The van der Waals surface area contributed by atoms with Crippen LogP contribution in [0.4, 0.5) is 0 Å². The van der Waals surface area contributed by atoms with Gasteiger partial charge < -0.3 is 14.4 Å². The summed E-state index contributed by atoms with van der Waals surface area (Å²) in [6.07, 6.45) is 4.99. The summed E-state index contributed by atoms with van der Waals surface area (Å²) in [6, 6.07) is 3.48. The smallest absolute Gasteiger partial charge is 0.255 e. The van der Waals surface area contributed by atoms with Crippen molar-refractivity contribution in [2.45, 2.75) is 39.0 Å². The summed E-state index contributed by atoms with van der Waals surface area (Å²) < 4.78 is 12.5. The van der Waals surface area contributed by atoms with Crippen LogP contribution in [0.2, 0.25) is 0 Å². The summed E-state index contributed by atoms with van der Waals surface area (Å²) in [5.74, 6) is 1.26. The van der Waals surface area contributed by atoms with Crippen molar-refractivity contribution in [3.05, 3.63) is 40.8 Å². The largest absolute Gasteiger partial charge is 0.481 e. The zero-order valence-electron chi connectivity index (χ0n) is 15.3. The topological polar surface area (TPSA) is 69.5 Å². The van der Waals surface area contributed by atoms with Crippen LogP contribution in [0.15, 0.2) is 18.3 Å². The molecule has 1 aliphatic carbocycles. The Morgan fingerprint density at radius 2 is 2.15 bits per heavy atom. The van der Waals surface area contributed by atoms with Gasteiger partial charge in [0.1, 0.15) is 0 Å². The molecule has 0 N–H and O–H groups in total. The highest BCUT2D eigenvalue weighted by Crippen LogP contribution is 2.33. The summed E-state index contributed by atoms with van der Waals surface area (Å²) in [7, 11) is 3.24. The van der Waals surface area contributed by atoms with E-state index in [0.717, 1.165) is 30.1 Å². The first-order valence-corrected chi connectivity index (χ1v) is 9.05. The van der Waals surface area contributed by atoms with Crippen molar-refractivity contribution in [2.75, 3.05) is 20.8 Å². The standard InChI is InChI=1S/C19H24N4O3/c1-25-12-16-15-11-22(19(24)14-5-6-18(26-2)20-9-14)8-7-17(15)23(21-16)10-13-3-4-13/h5-6,9,13H,3-4,7-8,10-12H2,1-2H3. The lowest BCUT2D eigenvalue weighted by molar-refractivity contribution is 0.0731. The van der Waals surface area contributed by atoms with Crippen molar-refractivity contribution < 1.29 is 14.3 Å². The molecule has 0 spiro atoms. The van der Waals surface area contributed by atoms with Crippen molar-refractivity contribution in [1.82, 2.24) is 19.7 Å². The Bertz CT molecular complexity index is 796. The van der Waals surface area contributed by atoms with Gasteiger partial charge in [-0.25, -0.2) is 4.98 Å². The van der Waals surface area contributed by atoms with Gasteiger partial charge in [0, 0.05) is 56.7 Å². The second-order valence-corrected chi connectivity index (χ2v) is 7.00. The fourth-order valence-electron chi connectivity index (χ4n) is 3.49. The van der Waals surface area contributed by atoms with Crippen LogP contribution in [-0.4, -0.2) is 46.3 Å². The quantitative estimate of drug-likeness (QED) is 0.792. The molecule has 0 radical (unpaired) electrons. The SMILES string of the molecule is COCc1nn(CC2CC2)c2c1CN(C(=O)c1ccc(OC)nc1)CC2. The molecule has 7 nitrogen and oxygen atoms in total. The molecule has 7 heteroatoms. The molecule has 0 unspecified atom stereocenters. The van der Waals surface area contributed by atoms with Crippen LogP contribution in [0.5, 0.6) is 5.88 Å². The van der Waals surface area contributed by atoms with Gasteiger partial charge in [-0.05, 0) is 24.8 Å². The molecule has 1 fully saturated rings. The fraction of sp³-hybridized carbons (Fsp3) is 0.526. The highest BCUT2D eigenvalue weighted by Gasteiger charge is 2.30. The summed E-state index contributed by atoms with van der Waals surface area (Å²) in [5.41, 5.74) is 3.94. The van der Waals surface area contributed by atoms with E-state index < -0.39 is 0 Å². The number of methoxy groups -OCH3 is 2. The molecule has 1 amide bonds. The van der Waals surface area contributed by atoms with E-state index >= 15 is 0 Å². The van der Waals surface area contributed by atoms with E-state index in [9.17, 15) is 4.79 Å². The van der Waals surface area contributed by atoms with Gasteiger partial charge in [0.2, 0.25) is 5.88 Å². The van der Waals surface area contributed by atoms with Crippen LogP contribution in [-0.2, 0) is 30.9 Å². The van der Waals surface area contributed by atoms with Gasteiger partial charge in [0.25, 0.3) is 5.91 Å². The average Bonchev–Trinajstić information content (AvgIpc) is 3.44. The van der Waals surface area contributed by atoms with Crippen LogP contribution in [0, 0.1) is 5.92 Å². The molecule has 0 aromatic carbocycles. The lowest BCUT2D eigenvalue weighted by Gasteiger charge is -2.28. The van der Waals surface area contributed by atoms with Crippen LogP contribution in [0.3, 0.4) is 0 Å². The molecule has 3 heterocycles. The molecule has 0 bridgehead atoms. The first kappa shape index (κ1) is 17.0. The number of hydrogen-bond donors (Lipinski definition) is 0. The van der Waals surface area contributed by atoms with Crippen molar-refractivity contribution in [1.29, 1.82) is 0 Å². The number of pyridine rings is 1. The maximum Gasteiger partial charge on any atom is 0.255 e. The molecule has 1 aliphatic heterocycles. The number of carbonyl (C=O) groups excluding carboxylic acids is 1. The van der Waals surface area contributed by atoms with E-state index in [0.29, 0.717) is 31.1 Å². The average molecular weight is 356 g/mol. The van der Waals surface area contributed by atoms with E-state index in [1.165, 1.54) is 18.5 Å². The molecular weight excluding hydrogens is 332 g/mol. The Labute approximate surface area is 152 Å². The Morgan fingerprint density at radius 3 is 2.81 bits per heavy atom. The van der Waals surface area contributed by atoms with Crippen LogP contribution < -0.4 is 4.74 Å². The molecule has 4 rings (SSSR count). The summed E-state index contributed by atoms with van der Waals surface area (Å²) in [4.78, 5) is 18.9. The molecule has 138 valence electrons. The number of rotatable bonds is 6. The predicted octanol–water partition coefficient (Wildman–Crippen LogP) is 2.04. The molecule has 0 atom stereocenters. The molecule has 2 aromatic rings.